The molecule has 4 rings (SSSR count). The van der Waals surface area contributed by atoms with Crippen molar-refractivity contribution in [3.63, 3.8) is 0 Å². The lowest BCUT2D eigenvalue weighted by Gasteiger charge is -2.31. The first-order valence-corrected chi connectivity index (χ1v) is 12.0. The van der Waals surface area contributed by atoms with Crippen LogP contribution < -0.4 is 0 Å². The summed E-state index contributed by atoms with van der Waals surface area (Å²) in [5, 5.41) is 10.2. The van der Waals surface area contributed by atoms with Crippen molar-refractivity contribution in [1.82, 2.24) is 9.88 Å². The molecule has 0 radical (unpaired) electrons. The largest absolute Gasteiger partial charge is 0.445 e. The Morgan fingerprint density at radius 3 is 2.55 bits per heavy atom. The van der Waals surface area contributed by atoms with Gasteiger partial charge >= 0.3 is 6.09 Å². The number of likely N-dealkylation sites (tertiary alicyclic amines) is 1. The van der Waals surface area contributed by atoms with Gasteiger partial charge in [0.05, 0.1) is 11.6 Å². The fourth-order valence-electron chi connectivity index (χ4n) is 4.12. The topological polar surface area (TPSA) is 103 Å². The molecule has 8 heteroatoms. The van der Waals surface area contributed by atoms with E-state index in [1.165, 1.54) is 6.26 Å². The number of fused-ring (bicyclic) bond motifs is 1. The monoisotopic (exact) mass is 437 g/mol. The van der Waals surface area contributed by atoms with Crippen LogP contribution in [0.15, 0.2) is 53.6 Å². The number of sulfone groups is 1. The van der Waals surface area contributed by atoms with E-state index in [4.69, 9.17) is 4.74 Å². The maximum atomic E-state index is 12.5. The molecule has 0 unspecified atom stereocenters. The summed E-state index contributed by atoms with van der Waals surface area (Å²) in [6, 6.07) is 16.8. The van der Waals surface area contributed by atoms with Gasteiger partial charge in [0, 0.05) is 30.2 Å². The highest BCUT2D eigenvalue weighted by molar-refractivity contribution is 7.90. The van der Waals surface area contributed by atoms with E-state index in [1.807, 2.05) is 30.3 Å². The SMILES string of the molecule is CS(=O)(=O)c1[nH]c2ccc(C#N)cc2c1C1CCN(C(=O)OCc2ccccc2)CC1. The molecule has 0 atom stereocenters. The zero-order valence-electron chi connectivity index (χ0n) is 17.2. The van der Waals surface area contributed by atoms with E-state index >= 15 is 0 Å². The van der Waals surface area contributed by atoms with Gasteiger partial charge in [-0.15, -0.1) is 0 Å². The number of nitrogens with one attached hydrogen (secondary N) is 1. The quantitative estimate of drug-likeness (QED) is 0.665. The summed E-state index contributed by atoms with van der Waals surface area (Å²) in [4.78, 5) is 17.1. The molecule has 31 heavy (non-hydrogen) atoms. The predicted molar refractivity (Wildman–Crippen MR) is 116 cm³/mol. The van der Waals surface area contributed by atoms with Gasteiger partial charge in [-0.3, -0.25) is 0 Å². The molecule has 0 bridgehead atoms. The van der Waals surface area contributed by atoms with E-state index in [0.717, 1.165) is 10.9 Å². The van der Waals surface area contributed by atoms with E-state index in [9.17, 15) is 18.5 Å². The molecule has 1 aliphatic rings. The van der Waals surface area contributed by atoms with Crippen LogP contribution in [0.3, 0.4) is 0 Å². The average Bonchev–Trinajstić information content (AvgIpc) is 3.17. The second kappa shape index (κ2) is 8.44. The van der Waals surface area contributed by atoms with Gasteiger partial charge < -0.3 is 14.6 Å². The number of benzene rings is 2. The number of hydrogen-bond acceptors (Lipinski definition) is 5. The third kappa shape index (κ3) is 4.42. The summed E-state index contributed by atoms with van der Waals surface area (Å²) in [5.41, 5.74) is 2.82. The van der Waals surface area contributed by atoms with Crippen molar-refractivity contribution in [3.05, 3.63) is 65.2 Å². The van der Waals surface area contributed by atoms with Crippen molar-refractivity contribution in [2.75, 3.05) is 19.3 Å². The van der Waals surface area contributed by atoms with Crippen molar-refractivity contribution in [1.29, 1.82) is 5.26 Å². The molecular weight excluding hydrogens is 414 g/mol. The lowest BCUT2D eigenvalue weighted by molar-refractivity contribution is 0.0869. The van der Waals surface area contributed by atoms with E-state index in [-0.39, 0.29) is 23.6 Å². The number of carbonyl (C=O) groups excluding carboxylic acids is 1. The highest BCUT2D eigenvalue weighted by Gasteiger charge is 2.31. The molecule has 7 nitrogen and oxygen atoms in total. The summed E-state index contributed by atoms with van der Waals surface area (Å²) >= 11 is 0. The Balaban J connectivity index is 1.52. The van der Waals surface area contributed by atoms with Gasteiger partial charge in [0.25, 0.3) is 0 Å². The van der Waals surface area contributed by atoms with Gasteiger partial charge in [-0.1, -0.05) is 30.3 Å². The second-order valence-electron chi connectivity index (χ2n) is 7.81. The van der Waals surface area contributed by atoms with Crippen LogP contribution in [-0.4, -0.2) is 43.7 Å². The van der Waals surface area contributed by atoms with Gasteiger partial charge in [-0.25, -0.2) is 13.2 Å². The first kappa shape index (κ1) is 20.9. The van der Waals surface area contributed by atoms with Crippen LogP contribution in [-0.2, 0) is 21.2 Å². The molecule has 1 aromatic heterocycles. The van der Waals surface area contributed by atoms with Gasteiger partial charge in [0.2, 0.25) is 0 Å². The fraction of sp³-hybridized carbons (Fsp3) is 0.304. The molecular formula is C23H23N3O4S. The number of nitrogens with zero attached hydrogens (tertiary/aromatic N) is 2. The molecule has 1 aliphatic heterocycles. The first-order chi connectivity index (χ1) is 14.9. The molecule has 0 aliphatic carbocycles. The number of hydrogen-bond donors (Lipinski definition) is 1. The van der Waals surface area contributed by atoms with Crippen molar-refractivity contribution in [3.8, 4) is 6.07 Å². The van der Waals surface area contributed by atoms with Gasteiger partial charge in [-0.05, 0) is 48.1 Å². The minimum atomic E-state index is -3.48. The summed E-state index contributed by atoms with van der Waals surface area (Å²) < 4.78 is 30.3. The van der Waals surface area contributed by atoms with Gasteiger partial charge in [0.15, 0.2) is 9.84 Å². The van der Waals surface area contributed by atoms with Crippen LogP contribution in [0.25, 0.3) is 10.9 Å². The Morgan fingerprint density at radius 2 is 1.90 bits per heavy atom. The second-order valence-corrected chi connectivity index (χ2v) is 9.77. The Morgan fingerprint density at radius 1 is 1.19 bits per heavy atom. The van der Waals surface area contributed by atoms with Gasteiger partial charge in [0.1, 0.15) is 11.6 Å². The minimum absolute atomic E-state index is 0.0365. The number of piperidine rings is 1. The lowest BCUT2D eigenvalue weighted by atomic mass is 9.89. The highest BCUT2D eigenvalue weighted by Crippen LogP contribution is 2.38. The number of carbonyl (C=O) groups is 1. The average molecular weight is 438 g/mol. The Bertz CT molecular complexity index is 1250. The Labute approximate surface area is 181 Å². The lowest BCUT2D eigenvalue weighted by Crippen LogP contribution is -2.38. The van der Waals surface area contributed by atoms with E-state index in [0.29, 0.717) is 42.6 Å². The Kier molecular flexibility index (Phi) is 5.70. The van der Waals surface area contributed by atoms with Crippen molar-refractivity contribution >= 4 is 26.8 Å². The third-order valence-electron chi connectivity index (χ3n) is 5.67. The zero-order chi connectivity index (χ0) is 22.0. The third-order valence-corrected chi connectivity index (χ3v) is 6.73. The van der Waals surface area contributed by atoms with Crippen LogP contribution in [0.5, 0.6) is 0 Å². The standard InChI is InChI=1S/C23H23N3O4S/c1-31(28,29)22-21(19-13-17(14-24)7-8-20(19)25-22)18-9-11-26(12-10-18)23(27)30-15-16-5-3-2-4-6-16/h2-8,13,18,25H,9-12,15H2,1H3. The molecule has 1 amide bonds. The van der Waals surface area contributed by atoms with Crippen LogP contribution in [0.2, 0.25) is 0 Å². The minimum Gasteiger partial charge on any atom is -0.445 e. The predicted octanol–water partition coefficient (Wildman–Crippen LogP) is 3.96. The maximum absolute atomic E-state index is 12.5. The van der Waals surface area contributed by atoms with Crippen molar-refractivity contribution in [2.45, 2.75) is 30.4 Å². The molecule has 0 saturated carbocycles. The molecule has 0 spiro atoms. The smallest absolute Gasteiger partial charge is 0.410 e. The number of H-pyrrole nitrogens is 1. The summed E-state index contributed by atoms with van der Waals surface area (Å²) in [7, 11) is -3.48. The normalized spacial score (nSPS) is 15.0. The number of ether oxygens (including phenoxy) is 1. The van der Waals surface area contributed by atoms with Crippen LogP contribution in [0, 0.1) is 11.3 Å². The zero-order valence-corrected chi connectivity index (χ0v) is 18.0. The fourth-order valence-corrected chi connectivity index (χ4v) is 5.09. The van der Waals surface area contributed by atoms with Crippen molar-refractivity contribution < 1.29 is 17.9 Å². The van der Waals surface area contributed by atoms with E-state index in [1.54, 1.807) is 23.1 Å². The molecule has 1 fully saturated rings. The van der Waals surface area contributed by atoms with Crippen LogP contribution >= 0.6 is 0 Å². The molecule has 1 N–H and O–H groups in total. The van der Waals surface area contributed by atoms with Crippen molar-refractivity contribution in [2.24, 2.45) is 0 Å². The number of nitriles is 1. The molecule has 160 valence electrons. The summed E-state index contributed by atoms with van der Waals surface area (Å²) in [6.45, 7) is 1.18. The molecule has 2 aromatic carbocycles. The van der Waals surface area contributed by atoms with Crippen LogP contribution in [0.4, 0.5) is 4.79 Å². The summed E-state index contributed by atoms with van der Waals surface area (Å²) in [6.07, 6.45) is 2.05. The number of aromatic amines is 1. The Hall–Kier alpha value is -3.31. The van der Waals surface area contributed by atoms with Gasteiger partial charge in [-0.2, -0.15) is 5.26 Å². The summed E-state index contributed by atoms with van der Waals surface area (Å²) in [5.74, 6) is -0.0365. The molecule has 3 aromatic rings. The first-order valence-electron chi connectivity index (χ1n) is 10.1. The molecule has 2 heterocycles. The number of amides is 1. The maximum Gasteiger partial charge on any atom is 0.410 e. The van der Waals surface area contributed by atoms with E-state index in [2.05, 4.69) is 11.1 Å². The molecule has 1 saturated heterocycles. The number of aromatic nitrogens is 1. The van der Waals surface area contributed by atoms with E-state index < -0.39 is 9.84 Å². The highest BCUT2D eigenvalue weighted by atomic mass is 32.2. The van der Waals surface area contributed by atoms with Crippen LogP contribution in [0.1, 0.15) is 35.4 Å². The number of rotatable bonds is 4.